The van der Waals surface area contributed by atoms with Gasteiger partial charge in [0.2, 0.25) is 0 Å². The predicted octanol–water partition coefficient (Wildman–Crippen LogP) is 5.01. The van der Waals surface area contributed by atoms with Gasteiger partial charge in [0.25, 0.3) is 12.3 Å². The zero-order valence-electron chi connectivity index (χ0n) is 12.8. The zero-order chi connectivity index (χ0) is 18.0. The van der Waals surface area contributed by atoms with Gasteiger partial charge in [0.1, 0.15) is 5.69 Å². The molecular weight excluding hydrogens is 383 g/mol. The molecule has 9 heteroatoms. The maximum absolute atomic E-state index is 12.9. The highest BCUT2D eigenvalue weighted by Crippen LogP contribution is 2.31. The molecule has 2 aromatic rings. The van der Waals surface area contributed by atoms with E-state index in [1.807, 2.05) is 0 Å². The summed E-state index contributed by atoms with van der Waals surface area (Å²) in [6.45, 7) is 1.77. The molecule has 1 amide bonds. The zero-order valence-corrected chi connectivity index (χ0v) is 15.1. The van der Waals surface area contributed by atoms with E-state index in [9.17, 15) is 13.6 Å². The summed E-state index contributed by atoms with van der Waals surface area (Å²) in [6, 6.07) is 2.78. The second-order valence-corrected chi connectivity index (χ2v) is 6.57. The van der Waals surface area contributed by atoms with Crippen LogP contribution >= 0.6 is 34.8 Å². The van der Waals surface area contributed by atoms with E-state index in [1.165, 1.54) is 11.9 Å². The highest BCUT2D eigenvalue weighted by Gasteiger charge is 2.26. The fraction of sp³-hybridized carbons (Fsp3) is 0.333. The minimum Gasteiger partial charge on any atom is -0.339 e. The number of rotatable bonds is 5. The summed E-state index contributed by atoms with van der Waals surface area (Å²) in [4.78, 5) is 13.8. The molecule has 0 aliphatic heterocycles. The van der Waals surface area contributed by atoms with Crippen LogP contribution in [0.15, 0.2) is 18.3 Å². The van der Waals surface area contributed by atoms with Gasteiger partial charge in [-0.3, -0.25) is 9.89 Å². The number of aromatic nitrogens is 2. The van der Waals surface area contributed by atoms with Crippen LogP contribution in [-0.2, 0) is 6.42 Å². The van der Waals surface area contributed by atoms with E-state index in [0.29, 0.717) is 27.1 Å². The molecule has 0 saturated carbocycles. The van der Waals surface area contributed by atoms with Crippen LogP contribution in [0.4, 0.5) is 8.78 Å². The van der Waals surface area contributed by atoms with Crippen LogP contribution < -0.4 is 0 Å². The Hall–Kier alpha value is -1.37. The number of amides is 1. The molecule has 24 heavy (non-hydrogen) atoms. The Morgan fingerprint density at radius 1 is 1.29 bits per heavy atom. The predicted molar refractivity (Wildman–Crippen MR) is 90.3 cm³/mol. The molecule has 0 aliphatic carbocycles. The molecular formula is C15H14Cl3F2N3O. The fourth-order valence-corrected chi connectivity index (χ4v) is 3.19. The van der Waals surface area contributed by atoms with Crippen LogP contribution in [0.3, 0.4) is 0 Å². The number of likely N-dealkylation sites (N-methyl/N-ethyl adjacent to an activating group) is 1. The standard InChI is InChI=1S/C15H14Cl3F2N3O/c1-7(3-9-11(17)4-8(16)5-12(9)18)23(2)15(24)10-6-21-22-13(10)14(19)20/h4-7,14H,3H2,1-2H3,(H,21,22). The number of H-pyrrole nitrogens is 1. The molecule has 130 valence electrons. The van der Waals surface area contributed by atoms with E-state index < -0.39 is 18.0 Å². The van der Waals surface area contributed by atoms with Gasteiger partial charge in [-0.05, 0) is 31.0 Å². The van der Waals surface area contributed by atoms with Gasteiger partial charge in [0, 0.05) is 28.2 Å². The molecule has 1 atom stereocenters. The van der Waals surface area contributed by atoms with Crippen molar-refractivity contribution in [2.45, 2.75) is 25.8 Å². The monoisotopic (exact) mass is 395 g/mol. The molecule has 1 N–H and O–H groups in total. The fourth-order valence-electron chi connectivity index (χ4n) is 2.22. The highest BCUT2D eigenvalue weighted by molar-refractivity contribution is 6.39. The molecule has 1 unspecified atom stereocenters. The number of carbonyl (C=O) groups excluding carboxylic acids is 1. The quantitative estimate of drug-likeness (QED) is 0.772. The second kappa shape index (κ2) is 7.68. The van der Waals surface area contributed by atoms with Crippen LogP contribution in [0, 0.1) is 0 Å². The van der Waals surface area contributed by atoms with Crippen LogP contribution in [0.25, 0.3) is 0 Å². The Bertz CT molecular complexity index is 728. The third-order valence-corrected chi connectivity index (χ3v) is 4.60. The van der Waals surface area contributed by atoms with Gasteiger partial charge in [0.05, 0.1) is 11.8 Å². The third-order valence-electron chi connectivity index (χ3n) is 3.70. The molecule has 1 heterocycles. The summed E-state index contributed by atoms with van der Waals surface area (Å²) >= 11 is 18.2. The summed E-state index contributed by atoms with van der Waals surface area (Å²) in [5.74, 6) is -0.562. The van der Waals surface area contributed by atoms with E-state index in [2.05, 4.69) is 10.2 Å². The molecule has 1 aromatic carbocycles. The van der Waals surface area contributed by atoms with Crippen molar-refractivity contribution in [3.05, 3.63) is 50.2 Å². The highest BCUT2D eigenvalue weighted by atomic mass is 35.5. The Morgan fingerprint density at radius 3 is 2.42 bits per heavy atom. The maximum atomic E-state index is 12.9. The number of alkyl halides is 2. The summed E-state index contributed by atoms with van der Waals surface area (Å²) in [5.41, 5.74) is -0.0228. The lowest BCUT2D eigenvalue weighted by atomic mass is 10.1. The minimum absolute atomic E-state index is 0.160. The number of nitrogens with zero attached hydrogens (tertiary/aromatic N) is 2. The first kappa shape index (κ1) is 19.0. The van der Waals surface area contributed by atoms with Crippen LogP contribution in [-0.4, -0.2) is 34.1 Å². The smallest absolute Gasteiger partial charge is 0.280 e. The van der Waals surface area contributed by atoms with E-state index in [-0.39, 0.29) is 11.6 Å². The van der Waals surface area contributed by atoms with Crippen LogP contribution in [0.5, 0.6) is 0 Å². The molecule has 0 bridgehead atoms. The Labute approximate surface area is 152 Å². The van der Waals surface area contributed by atoms with E-state index in [0.717, 1.165) is 6.20 Å². The number of halogens is 5. The van der Waals surface area contributed by atoms with Crippen molar-refractivity contribution >= 4 is 40.7 Å². The first-order valence-electron chi connectivity index (χ1n) is 6.94. The minimum atomic E-state index is -2.81. The van der Waals surface area contributed by atoms with Gasteiger partial charge in [-0.1, -0.05) is 34.8 Å². The van der Waals surface area contributed by atoms with Crippen LogP contribution in [0.1, 0.15) is 35.0 Å². The summed E-state index contributed by atoms with van der Waals surface area (Å²) in [7, 11) is 1.52. The first-order valence-corrected chi connectivity index (χ1v) is 8.07. The maximum Gasteiger partial charge on any atom is 0.280 e. The SMILES string of the molecule is CC(Cc1c(Cl)cc(Cl)cc1Cl)N(C)C(=O)c1cn[nH]c1C(F)F. The van der Waals surface area contributed by atoms with Crippen molar-refractivity contribution in [2.24, 2.45) is 0 Å². The average Bonchev–Trinajstić information content (AvgIpc) is 2.98. The Kier molecular flexibility index (Phi) is 6.06. The number of aromatic amines is 1. The largest absolute Gasteiger partial charge is 0.339 e. The van der Waals surface area contributed by atoms with Crippen molar-refractivity contribution in [3.8, 4) is 0 Å². The second-order valence-electron chi connectivity index (χ2n) is 5.32. The number of nitrogens with one attached hydrogen (secondary N) is 1. The summed E-state index contributed by atoms with van der Waals surface area (Å²) in [5, 5.41) is 6.85. The van der Waals surface area contributed by atoms with Crippen molar-refractivity contribution in [3.63, 3.8) is 0 Å². The third kappa shape index (κ3) is 3.99. The number of hydrogen-bond acceptors (Lipinski definition) is 2. The van der Waals surface area contributed by atoms with Gasteiger partial charge in [-0.25, -0.2) is 8.78 Å². The van der Waals surface area contributed by atoms with Crippen molar-refractivity contribution in [1.29, 1.82) is 0 Å². The number of carbonyl (C=O) groups is 1. The van der Waals surface area contributed by atoms with E-state index >= 15 is 0 Å². The lowest BCUT2D eigenvalue weighted by Crippen LogP contribution is -2.36. The van der Waals surface area contributed by atoms with Gasteiger partial charge in [0.15, 0.2) is 0 Å². The van der Waals surface area contributed by atoms with Gasteiger partial charge < -0.3 is 4.90 Å². The molecule has 0 aliphatic rings. The Balaban J connectivity index is 2.19. The van der Waals surface area contributed by atoms with Crippen LogP contribution in [0.2, 0.25) is 15.1 Å². The molecule has 0 spiro atoms. The van der Waals surface area contributed by atoms with E-state index in [1.54, 1.807) is 19.1 Å². The lowest BCUT2D eigenvalue weighted by molar-refractivity contribution is 0.0731. The topological polar surface area (TPSA) is 49.0 Å². The molecule has 4 nitrogen and oxygen atoms in total. The molecule has 1 aromatic heterocycles. The molecule has 0 radical (unpaired) electrons. The normalized spacial score (nSPS) is 12.5. The molecule has 0 fully saturated rings. The molecule has 0 saturated heterocycles. The number of benzene rings is 1. The van der Waals surface area contributed by atoms with Crippen molar-refractivity contribution < 1.29 is 13.6 Å². The van der Waals surface area contributed by atoms with Crippen molar-refractivity contribution in [1.82, 2.24) is 15.1 Å². The van der Waals surface area contributed by atoms with Crippen molar-refractivity contribution in [2.75, 3.05) is 7.05 Å². The first-order chi connectivity index (χ1) is 11.2. The van der Waals surface area contributed by atoms with E-state index in [4.69, 9.17) is 34.8 Å². The number of hydrogen-bond donors (Lipinski definition) is 1. The summed E-state index contributed by atoms with van der Waals surface area (Å²) < 4.78 is 25.8. The average molecular weight is 397 g/mol. The van der Waals surface area contributed by atoms with Gasteiger partial charge in [-0.2, -0.15) is 5.10 Å². The Morgan fingerprint density at radius 2 is 1.88 bits per heavy atom. The van der Waals surface area contributed by atoms with Gasteiger partial charge >= 0.3 is 0 Å². The molecule has 2 rings (SSSR count). The van der Waals surface area contributed by atoms with Gasteiger partial charge in [-0.15, -0.1) is 0 Å². The lowest BCUT2D eigenvalue weighted by Gasteiger charge is -2.25. The summed E-state index contributed by atoms with van der Waals surface area (Å²) in [6.07, 6.45) is -1.37.